The van der Waals surface area contributed by atoms with Crippen LogP contribution in [0.1, 0.15) is 37.0 Å². The Hall–Kier alpha value is -1.22. The van der Waals surface area contributed by atoms with Crippen LogP contribution in [-0.4, -0.2) is 17.6 Å². The summed E-state index contributed by atoms with van der Waals surface area (Å²) in [5, 5.41) is 12.8. The quantitative estimate of drug-likeness (QED) is 0.849. The molecule has 1 aromatic rings. The number of halogens is 1. The highest BCUT2D eigenvalue weighted by atomic mass is 35.5. The summed E-state index contributed by atoms with van der Waals surface area (Å²) in [6.07, 6.45) is 2.06. The largest absolute Gasteiger partial charge is 0.507 e. The van der Waals surface area contributed by atoms with E-state index in [9.17, 15) is 9.90 Å². The monoisotopic (exact) mass is 255 g/mol. The van der Waals surface area contributed by atoms with Crippen LogP contribution in [0.25, 0.3) is 0 Å². The van der Waals surface area contributed by atoms with E-state index in [4.69, 9.17) is 11.6 Å². The molecule has 4 heteroatoms. The number of nitrogens with one attached hydrogen (secondary N) is 1. The highest BCUT2D eigenvalue weighted by Crippen LogP contribution is 2.21. The Morgan fingerprint density at radius 3 is 2.59 bits per heavy atom. The Labute approximate surface area is 107 Å². The summed E-state index contributed by atoms with van der Waals surface area (Å²) in [5.74, 6) is 0.138. The van der Waals surface area contributed by atoms with Crippen molar-refractivity contribution in [2.45, 2.75) is 26.7 Å². The molecule has 17 heavy (non-hydrogen) atoms. The average Bonchev–Trinajstić information content (AvgIpc) is 2.30. The maximum absolute atomic E-state index is 11.8. The van der Waals surface area contributed by atoms with Crippen molar-refractivity contribution in [1.29, 1.82) is 0 Å². The minimum Gasteiger partial charge on any atom is -0.507 e. The zero-order valence-electron chi connectivity index (χ0n) is 10.2. The molecule has 0 atom stereocenters. The molecule has 0 aliphatic carbocycles. The zero-order valence-corrected chi connectivity index (χ0v) is 10.9. The van der Waals surface area contributed by atoms with Gasteiger partial charge in [0.15, 0.2) is 0 Å². The van der Waals surface area contributed by atoms with E-state index in [2.05, 4.69) is 19.2 Å². The van der Waals surface area contributed by atoms with Crippen LogP contribution in [0, 0.1) is 5.92 Å². The number of carbonyl (C=O) groups is 1. The normalized spacial score (nSPS) is 10.6. The van der Waals surface area contributed by atoms with E-state index in [1.54, 1.807) is 6.07 Å². The highest BCUT2D eigenvalue weighted by Gasteiger charge is 2.12. The Kier molecular flexibility index (Phi) is 5.29. The first-order valence-electron chi connectivity index (χ1n) is 5.85. The molecule has 0 spiro atoms. The molecule has 0 saturated heterocycles. The fourth-order valence-corrected chi connectivity index (χ4v) is 1.77. The molecule has 2 N–H and O–H groups in total. The molecule has 1 amide bonds. The van der Waals surface area contributed by atoms with Crippen molar-refractivity contribution < 1.29 is 9.90 Å². The van der Waals surface area contributed by atoms with Gasteiger partial charge in [-0.25, -0.2) is 0 Å². The lowest BCUT2D eigenvalue weighted by Crippen LogP contribution is -2.28. The summed E-state index contributed by atoms with van der Waals surface area (Å²) in [4.78, 5) is 11.8. The topological polar surface area (TPSA) is 49.3 Å². The zero-order chi connectivity index (χ0) is 12.8. The summed E-state index contributed by atoms with van der Waals surface area (Å²) < 4.78 is 0. The lowest BCUT2D eigenvalue weighted by molar-refractivity contribution is 0.0944. The molecule has 3 nitrogen and oxygen atoms in total. The molecule has 0 unspecified atom stereocenters. The van der Waals surface area contributed by atoms with Crippen LogP contribution in [0.3, 0.4) is 0 Å². The van der Waals surface area contributed by atoms with E-state index >= 15 is 0 Å². The van der Waals surface area contributed by atoms with E-state index in [1.807, 2.05) is 0 Å². The number of hydrogen-bond donors (Lipinski definition) is 2. The SMILES string of the molecule is CCC(CC)CNC(=O)c1ccc(Cl)cc1O. The molecule has 0 bridgehead atoms. The number of amides is 1. The smallest absolute Gasteiger partial charge is 0.255 e. The van der Waals surface area contributed by atoms with Gasteiger partial charge in [-0.3, -0.25) is 4.79 Å². The van der Waals surface area contributed by atoms with Gasteiger partial charge in [-0.15, -0.1) is 0 Å². The molecule has 0 aliphatic rings. The number of benzene rings is 1. The van der Waals surface area contributed by atoms with Gasteiger partial charge in [0.1, 0.15) is 5.75 Å². The molecular formula is C13H18ClNO2. The second kappa shape index (κ2) is 6.50. The molecule has 0 heterocycles. The summed E-state index contributed by atoms with van der Waals surface area (Å²) in [7, 11) is 0. The van der Waals surface area contributed by atoms with Crippen LogP contribution in [0.15, 0.2) is 18.2 Å². The number of rotatable bonds is 5. The van der Waals surface area contributed by atoms with E-state index in [0.29, 0.717) is 17.5 Å². The van der Waals surface area contributed by atoms with Crippen LogP contribution in [0.5, 0.6) is 5.75 Å². The van der Waals surface area contributed by atoms with Gasteiger partial charge < -0.3 is 10.4 Å². The van der Waals surface area contributed by atoms with Gasteiger partial charge in [-0.05, 0) is 24.1 Å². The summed E-state index contributed by atoms with van der Waals surface area (Å²) >= 11 is 5.70. The Morgan fingerprint density at radius 1 is 1.41 bits per heavy atom. The first-order chi connectivity index (χ1) is 8.08. The first-order valence-corrected chi connectivity index (χ1v) is 6.23. The fraction of sp³-hybridized carbons (Fsp3) is 0.462. The Morgan fingerprint density at radius 2 is 2.06 bits per heavy atom. The van der Waals surface area contributed by atoms with E-state index in [1.165, 1.54) is 12.1 Å². The minimum absolute atomic E-state index is 0.0838. The van der Waals surface area contributed by atoms with Crippen molar-refractivity contribution >= 4 is 17.5 Å². The third kappa shape index (κ3) is 3.93. The van der Waals surface area contributed by atoms with Crippen molar-refractivity contribution in [3.05, 3.63) is 28.8 Å². The summed E-state index contributed by atoms with van der Waals surface area (Å²) in [5.41, 5.74) is 0.264. The van der Waals surface area contributed by atoms with E-state index in [-0.39, 0.29) is 17.2 Å². The Balaban J connectivity index is 2.64. The molecular weight excluding hydrogens is 238 g/mol. The molecule has 0 aliphatic heterocycles. The molecule has 1 aromatic carbocycles. The van der Waals surface area contributed by atoms with Crippen LogP contribution in [0.4, 0.5) is 0 Å². The van der Waals surface area contributed by atoms with E-state index < -0.39 is 0 Å². The van der Waals surface area contributed by atoms with Gasteiger partial charge in [-0.1, -0.05) is 38.3 Å². The number of phenolic OH excluding ortho intramolecular Hbond substituents is 1. The van der Waals surface area contributed by atoms with Crippen LogP contribution in [0.2, 0.25) is 5.02 Å². The van der Waals surface area contributed by atoms with Crippen molar-refractivity contribution in [3.63, 3.8) is 0 Å². The van der Waals surface area contributed by atoms with E-state index in [0.717, 1.165) is 12.8 Å². The lowest BCUT2D eigenvalue weighted by atomic mass is 10.0. The fourth-order valence-electron chi connectivity index (χ4n) is 1.61. The first kappa shape index (κ1) is 13.8. The third-order valence-corrected chi connectivity index (χ3v) is 3.15. The Bertz CT molecular complexity index is 389. The molecule has 0 fully saturated rings. The predicted molar refractivity (Wildman–Crippen MR) is 69.5 cm³/mol. The summed E-state index contributed by atoms with van der Waals surface area (Å²) in [6.45, 7) is 4.83. The number of phenols is 1. The second-order valence-electron chi connectivity index (χ2n) is 4.05. The molecule has 0 radical (unpaired) electrons. The van der Waals surface area contributed by atoms with Gasteiger partial charge >= 0.3 is 0 Å². The maximum atomic E-state index is 11.8. The second-order valence-corrected chi connectivity index (χ2v) is 4.49. The predicted octanol–water partition coefficient (Wildman–Crippen LogP) is 3.21. The lowest BCUT2D eigenvalue weighted by Gasteiger charge is -2.13. The highest BCUT2D eigenvalue weighted by molar-refractivity contribution is 6.30. The van der Waals surface area contributed by atoms with Crippen molar-refractivity contribution in [2.24, 2.45) is 5.92 Å². The standard InChI is InChI=1S/C13H18ClNO2/c1-3-9(4-2)8-15-13(17)11-6-5-10(14)7-12(11)16/h5-7,9,16H,3-4,8H2,1-2H3,(H,15,17). The van der Waals surface area contributed by atoms with Gasteiger partial charge in [0.05, 0.1) is 5.56 Å². The van der Waals surface area contributed by atoms with Gasteiger partial charge in [-0.2, -0.15) is 0 Å². The number of carbonyl (C=O) groups excluding carboxylic acids is 1. The van der Waals surface area contributed by atoms with Crippen LogP contribution in [-0.2, 0) is 0 Å². The average molecular weight is 256 g/mol. The van der Waals surface area contributed by atoms with Gasteiger partial charge in [0.2, 0.25) is 0 Å². The van der Waals surface area contributed by atoms with Crippen molar-refractivity contribution in [3.8, 4) is 5.75 Å². The minimum atomic E-state index is -0.258. The van der Waals surface area contributed by atoms with Crippen molar-refractivity contribution in [2.75, 3.05) is 6.54 Å². The maximum Gasteiger partial charge on any atom is 0.255 e. The number of aromatic hydroxyl groups is 1. The van der Waals surface area contributed by atoms with Crippen molar-refractivity contribution in [1.82, 2.24) is 5.32 Å². The molecule has 0 aromatic heterocycles. The molecule has 1 rings (SSSR count). The van der Waals surface area contributed by atoms with Gasteiger partial charge in [0, 0.05) is 11.6 Å². The number of hydrogen-bond acceptors (Lipinski definition) is 2. The summed E-state index contributed by atoms with van der Waals surface area (Å²) in [6, 6.07) is 4.49. The molecule has 94 valence electrons. The van der Waals surface area contributed by atoms with Crippen LogP contribution < -0.4 is 5.32 Å². The van der Waals surface area contributed by atoms with Crippen LogP contribution >= 0.6 is 11.6 Å². The third-order valence-electron chi connectivity index (χ3n) is 2.91. The molecule has 0 saturated carbocycles. The van der Waals surface area contributed by atoms with Gasteiger partial charge in [0.25, 0.3) is 5.91 Å².